The molecule has 0 bridgehead atoms. The highest BCUT2D eigenvalue weighted by Crippen LogP contribution is 2.44. The van der Waals surface area contributed by atoms with E-state index in [1.54, 1.807) is 14.2 Å². The van der Waals surface area contributed by atoms with E-state index >= 15 is 0 Å². The maximum absolute atomic E-state index is 6.20. The monoisotopic (exact) mass is 284 g/mol. The summed E-state index contributed by atoms with van der Waals surface area (Å²) in [6.07, 6.45) is 2.00. The topological polar surface area (TPSA) is 27.7 Å². The largest absolute Gasteiger partial charge is 0.496 e. The van der Waals surface area contributed by atoms with Crippen LogP contribution in [-0.4, -0.2) is 14.2 Å². The van der Waals surface area contributed by atoms with Crippen molar-refractivity contribution < 1.29 is 14.2 Å². The van der Waals surface area contributed by atoms with Crippen molar-refractivity contribution >= 4 is 0 Å². The van der Waals surface area contributed by atoms with Crippen LogP contribution in [0.4, 0.5) is 0 Å². The van der Waals surface area contributed by atoms with Gasteiger partial charge in [0.15, 0.2) is 0 Å². The van der Waals surface area contributed by atoms with Crippen molar-refractivity contribution in [2.45, 2.75) is 25.9 Å². The van der Waals surface area contributed by atoms with Gasteiger partial charge in [-0.3, -0.25) is 0 Å². The zero-order chi connectivity index (χ0) is 14.8. The lowest BCUT2D eigenvalue weighted by Gasteiger charge is -2.29. The highest BCUT2D eigenvalue weighted by molar-refractivity contribution is 5.57. The van der Waals surface area contributed by atoms with Crippen molar-refractivity contribution in [3.8, 4) is 17.2 Å². The molecule has 1 aliphatic heterocycles. The van der Waals surface area contributed by atoms with Gasteiger partial charge in [0, 0.05) is 17.2 Å². The molecule has 3 rings (SSSR count). The van der Waals surface area contributed by atoms with Gasteiger partial charge in [-0.15, -0.1) is 0 Å². The molecule has 0 spiro atoms. The Morgan fingerprint density at radius 3 is 2.52 bits per heavy atom. The minimum atomic E-state index is 0.0934. The van der Waals surface area contributed by atoms with Gasteiger partial charge in [-0.2, -0.15) is 0 Å². The fourth-order valence-electron chi connectivity index (χ4n) is 2.98. The molecular weight excluding hydrogens is 264 g/mol. The van der Waals surface area contributed by atoms with E-state index in [-0.39, 0.29) is 6.10 Å². The molecule has 3 heteroatoms. The third-order valence-electron chi connectivity index (χ3n) is 4.07. The smallest absolute Gasteiger partial charge is 0.132 e. The Kier molecular flexibility index (Phi) is 3.74. The molecule has 110 valence electrons. The fourth-order valence-corrected chi connectivity index (χ4v) is 2.98. The normalized spacial score (nSPS) is 16.8. The molecule has 0 saturated carbocycles. The molecule has 0 fully saturated rings. The Bertz CT molecular complexity index is 635. The minimum absolute atomic E-state index is 0.0934. The van der Waals surface area contributed by atoms with Gasteiger partial charge in [0.25, 0.3) is 0 Å². The van der Waals surface area contributed by atoms with Crippen LogP contribution in [0.5, 0.6) is 17.2 Å². The molecule has 1 aliphatic rings. The van der Waals surface area contributed by atoms with E-state index in [9.17, 15) is 0 Å². The molecule has 1 unspecified atom stereocenters. The van der Waals surface area contributed by atoms with Gasteiger partial charge in [-0.1, -0.05) is 30.3 Å². The van der Waals surface area contributed by atoms with Crippen LogP contribution < -0.4 is 14.2 Å². The molecule has 21 heavy (non-hydrogen) atoms. The quantitative estimate of drug-likeness (QED) is 0.850. The second-order valence-electron chi connectivity index (χ2n) is 5.27. The molecule has 2 aromatic rings. The van der Waals surface area contributed by atoms with Crippen molar-refractivity contribution in [3.63, 3.8) is 0 Å². The number of hydrogen-bond acceptors (Lipinski definition) is 3. The van der Waals surface area contributed by atoms with Gasteiger partial charge in [0.05, 0.1) is 14.2 Å². The fraction of sp³-hybridized carbons (Fsp3) is 0.333. The van der Waals surface area contributed by atoms with Gasteiger partial charge in [-0.05, 0) is 25.3 Å². The summed E-state index contributed by atoms with van der Waals surface area (Å²) in [5, 5.41) is 0. The molecule has 1 heterocycles. The minimum Gasteiger partial charge on any atom is -0.496 e. The lowest BCUT2D eigenvalue weighted by atomic mass is 9.95. The molecule has 0 aromatic heterocycles. The summed E-state index contributed by atoms with van der Waals surface area (Å²) in [7, 11) is 3.37. The lowest BCUT2D eigenvalue weighted by Crippen LogP contribution is -2.16. The molecule has 0 aliphatic carbocycles. The predicted molar refractivity (Wildman–Crippen MR) is 82.4 cm³/mol. The van der Waals surface area contributed by atoms with Crippen LogP contribution in [0.15, 0.2) is 36.4 Å². The van der Waals surface area contributed by atoms with E-state index in [2.05, 4.69) is 12.1 Å². The SMILES string of the molecule is COc1cc2c(c(OC)c1C)CCC(c1ccccc1)O2. The maximum Gasteiger partial charge on any atom is 0.132 e. The van der Waals surface area contributed by atoms with E-state index in [1.165, 1.54) is 5.56 Å². The first-order valence-electron chi connectivity index (χ1n) is 7.20. The first-order chi connectivity index (χ1) is 10.2. The number of fused-ring (bicyclic) bond motifs is 1. The Labute approximate surface area is 125 Å². The Balaban J connectivity index is 1.99. The Morgan fingerprint density at radius 2 is 1.86 bits per heavy atom. The van der Waals surface area contributed by atoms with Crippen molar-refractivity contribution in [1.29, 1.82) is 0 Å². The van der Waals surface area contributed by atoms with Crippen molar-refractivity contribution in [2.24, 2.45) is 0 Å². The molecule has 2 aromatic carbocycles. The van der Waals surface area contributed by atoms with Crippen LogP contribution in [0.1, 0.15) is 29.2 Å². The average molecular weight is 284 g/mol. The van der Waals surface area contributed by atoms with Gasteiger partial charge < -0.3 is 14.2 Å². The summed E-state index contributed by atoms with van der Waals surface area (Å²) >= 11 is 0. The number of benzene rings is 2. The summed E-state index contributed by atoms with van der Waals surface area (Å²) in [5.41, 5.74) is 3.38. The molecule has 0 amide bonds. The first kappa shape index (κ1) is 13.8. The van der Waals surface area contributed by atoms with Crippen LogP contribution in [0.3, 0.4) is 0 Å². The molecule has 0 N–H and O–H groups in total. The van der Waals surface area contributed by atoms with E-state index in [0.717, 1.165) is 41.2 Å². The maximum atomic E-state index is 6.20. The molecule has 1 atom stereocenters. The summed E-state index contributed by atoms with van der Waals surface area (Å²) in [5.74, 6) is 2.56. The predicted octanol–water partition coefficient (Wildman–Crippen LogP) is 4.08. The van der Waals surface area contributed by atoms with Crippen LogP contribution >= 0.6 is 0 Å². The number of rotatable bonds is 3. The second-order valence-corrected chi connectivity index (χ2v) is 5.27. The van der Waals surface area contributed by atoms with E-state index in [0.29, 0.717) is 0 Å². The Hall–Kier alpha value is -2.16. The van der Waals surface area contributed by atoms with Gasteiger partial charge in [0.2, 0.25) is 0 Å². The van der Waals surface area contributed by atoms with E-state index in [4.69, 9.17) is 14.2 Å². The molecular formula is C18H20O3. The lowest BCUT2D eigenvalue weighted by molar-refractivity contribution is 0.173. The van der Waals surface area contributed by atoms with Crippen molar-refractivity contribution in [2.75, 3.05) is 14.2 Å². The Morgan fingerprint density at radius 1 is 1.10 bits per heavy atom. The molecule has 0 saturated heterocycles. The number of methoxy groups -OCH3 is 2. The molecule has 0 radical (unpaired) electrons. The third-order valence-corrected chi connectivity index (χ3v) is 4.07. The van der Waals surface area contributed by atoms with E-state index in [1.807, 2.05) is 31.2 Å². The van der Waals surface area contributed by atoms with Gasteiger partial charge in [-0.25, -0.2) is 0 Å². The molecule has 3 nitrogen and oxygen atoms in total. The highest BCUT2D eigenvalue weighted by atomic mass is 16.5. The first-order valence-corrected chi connectivity index (χ1v) is 7.20. The third kappa shape index (κ3) is 2.44. The summed E-state index contributed by atoms with van der Waals surface area (Å²) in [6.45, 7) is 2.02. The summed E-state index contributed by atoms with van der Waals surface area (Å²) < 4.78 is 17.2. The standard InChI is InChI=1S/C18H20O3/c1-12-16(19-2)11-17-14(18(12)20-3)9-10-15(21-17)13-7-5-4-6-8-13/h4-8,11,15H,9-10H2,1-3H3. The zero-order valence-electron chi connectivity index (χ0n) is 12.7. The number of ether oxygens (including phenoxy) is 3. The summed E-state index contributed by atoms with van der Waals surface area (Å²) in [4.78, 5) is 0. The van der Waals surface area contributed by atoms with Crippen molar-refractivity contribution in [3.05, 3.63) is 53.1 Å². The highest BCUT2D eigenvalue weighted by Gasteiger charge is 2.26. The second kappa shape index (κ2) is 5.68. The van der Waals surface area contributed by atoms with Crippen LogP contribution in [-0.2, 0) is 6.42 Å². The summed E-state index contributed by atoms with van der Waals surface area (Å²) in [6, 6.07) is 12.3. The van der Waals surface area contributed by atoms with Crippen molar-refractivity contribution in [1.82, 2.24) is 0 Å². The number of hydrogen-bond donors (Lipinski definition) is 0. The zero-order valence-corrected chi connectivity index (χ0v) is 12.7. The van der Waals surface area contributed by atoms with Crippen LogP contribution in [0, 0.1) is 6.92 Å². The van der Waals surface area contributed by atoms with Crippen LogP contribution in [0.25, 0.3) is 0 Å². The van der Waals surface area contributed by atoms with E-state index < -0.39 is 0 Å². The van der Waals surface area contributed by atoms with Crippen LogP contribution in [0.2, 0.25) is 0 Å². The average Bonchev–Trinajstić information content (AvgIpc) is 2.54. The van der Waals surface area contributed by atoms with Gasteiger partial charge in [0.1, 0.15) is 23.4 Å². The van der Waals surface area contributed by atoms with Gasteiger partial charge >= 0.3 is 0 Å².